The summed E-state index contributed by atoms with van der Waals surface area (Å²) in [6, 6.07) is 2.03. The molecule has 0 amide bonds. The smallest absolute Gasteiger partial charge is 0.307 e. The minimum Gasteiger partial charge on any atom is -0.481 e. The SMILES string of the molecule is CCCOCCC(C)CC(C)(C)/C=C(\C#N)C(=O)/C=C/C[C@@H](C(=O)O)[C@@H](CC)CC(C)C. The van der Waals surface area contributed by atoms with Crippen LogP contribution in [-0.2, 0) is 14.3 Å². The number of carboxylic acid groups (broad SMARTS) is 1. The highest BCUT2D eigenvalue weighted by Crippen LogP contribution is 2.30. The Bertz CT molecular complexity index is 670. The van der Waals surface area contributed by atoms with E-state index in [-0.39, 0.29) is 22.7 Å². The van der Waals surface area contributed by atoms with Crippen LogP contribution in [0, 0.1) is 40.4 Å². The predicted octanol–water partition coefficient (Wildman–Crippen LogP) is 6.59. The van der Waals surface area contributed by atoms with Gasteiger partial charge < -0.3 is 9.84 Å². The third-order valence-electron chi connectivity index (χ3n) is 5.74. The maximum Gasteiger partial charge on any atom is 0.307 e. The maximum absolute atomic E-state index is 12.6. The summed E-state index contributed by atoms with van der Waals surface area (Å²) in [5.74, 6) is -0.812. The number of ketones is 1. The molecule has 0 fully saturated rings. The second kappa shape index (κ2) is 15.8. The van der Waals surface area contributed by atoms with E-state index in [2.05, 4.69) is 27.7 Å². The van der Waals surface area contributed by atoms with Gasteiger partial charge in [0, 0.05) is 13.2 Å². The molecule has 0 saturated carbocycles. The Morgan fingerprint density at radius 1 is 1.16 bits per heavy atom. The Kier molecular flexibility index (Phi) is 14.9. The molecule has 0 aliphatic heterocycles. The Labute approximate surface area is 195 Å². The maximum atomic E-state index is 12.6. The van der Waals surface area contributed by atoms with Crippen LogP contribution in [-0.4, -0.2) is 30.1 Å². The summed E-state index contributed by atoms with van der Waals surface area (Å²) in [6.45, 7) is 16.0. The van der Waals surface area contributed by atoms with E-state index in [0.717, 1.165) is 45.3 Å². The summed E-state index contributed by atoms with van der Waals surface area (Å²) >= 11 is 0. The zero-order valence-corrected chi connectivity index (χ0v) is 21.3. The highest BCUT2D eigenvalue weighted by molar-refractivity contribution is 6.06. The average molecular weight is 448 g/mol. The van der Waals surface area contributed by atoms with Crippen LogP contribution in [0.15, 0.2) is 23.8 Å². The number of nitriles is 1. The first-order valence-electron chi connectivity index (χ1n) is 12.1. The van der Waals surface area contributed by atoms with Crippen molar-refractivity contribution in [2.75, 3.05) is 13.2 Å². The van der Waals surface area contributed by atoms with E-state index < -0.39 is 11.9 Å². The summed E-state index contributed by atoms with van der Waals surface area (Å²) in [5.41, 5.74) is -0.186. The summed E-state index contributed by atoms with van der Waals surface area (Å²) in [6.07, 6.45) is 9.46. The van der Waals surface area contributed by atoms with Crippen molar-refractivity contribution in [1.82, 2.24) is 0 Å². The van der Waals surface area contributed by atoms with Gasteiger partial charge in [0.25, 0.3) is 0 Å². The summed E-state index contributed by atoms with van der Waals surface area (Å²) in [5, 5.41) is 19.2. The lowest BCUT2D eigenvalue weighted by Gasteiger charge is -2.25. The molecule has 0 heterocycles. The molecule has 0 saturated heterocycles. The van der Waals surface area contributed by atoms with Gasteiger partial charge in [0.15, 0.2) is 5.78 Å². The molecule has 0 rings (SSSR count). The van der Waals surface area contributed by atoms with Crippen LogP contribution in [0.3, 0.4) is 0 Å². The van der Waals surface area contributed by atoms with Crippen molar-refractivity contribution >= 4 is 11.8 Å². The third-order valence-corrected chi connectivity index (χ3v) is 5.74. The van der Waals surface area contributed by atoms with Crippen molar-refractivity contribution in [1.29, 1.82) is 5.26 Å². The van der Waals surface area contributed by atoms with Gasteiger partial charge in [0.2, 0.25) is 0 Å². The van der Waals surface area contributed by atoms with Gasteiger partial charge in [-0.1, -0.05) is 67.0 Å². The van der Waals surface area contributed by atoms with Crippen LogP contribution in [0.4, 0.5) is 0 Å². The lowest BCUT2D eigenvalue weighted by atomic mass is 9.80. The molecule has 5 nitrogen and oxygen atoms in total. The molecule has 3 atom stereocenters. The number of carboxylic acids is 1. The Morgan fingerprint density at radius 3 is 2.31 bits per heavy atom. The van der Waals surface area contributed by atoms with Crippen LogP contribution in [0.25, 0.3) is 0 Å². The number of aliphatic carboxylic acids is 1. The first-order valence-corrected chi connectivity index (χ1v) is 12.1. The van der Waals surface area contributed by atoms with Gasteiger partial charge in [-0.15, -0.1) is 0 Å². The first kappa shape index (κ1) is 30.1. The zero-order valence-electron chi connectivity index (χ0n) is 21.3. The predicted molar refractivity (Wildman–Crippen MR) is 130 cm³/mol. The molecule has 0 aromatic rings. The van der Waals surface area contributed by atoms with Gasteiger partial charge in [0.1, 0.15) is 6.07 Å². The first-order chi connectivity index (χ1) is 15.0. The molecular weight excluding hydrogens is 402 g/mol. The quantitative estimate of drug-likeness (QED) is 0.154. The van der Waals surface area contributed by atoms with Crippen LogP contribution < -0.4 is 0 Å². The molecule has 0 aliphatic rings. The zero-order chi connectivity index (χ0) is 24.7. The Hall–Kier alpha value is -1.93. The van der Waals surface area contributed by atoms with Crippen molar-refractivity contribution in [2.24, 2.45) is 29.1 Å². The minimum atomic E-state index is -0.830. The fourth-order valence-corrected chi connectivity index (χ4v) is 4.27. The molecule has 0 bridgehead atoms. The molecule has 0 radical (unpaired) electrons. The van der Waals surface area contributed by atoms with Gasteiger partial charge in [0.05, 0.1) is 11.5 Å². The van der Waals surface area contributed by atoms with E-state index in [4.69, 9.17) is 4.74 Å². The molecule has 0 aromatic carbocycles. The van der Waals surface area contributed by atoms with Crippen molar-refractivity contribution in [2.45, 2.75) is 87.0 Å². The van der Waals surface area contributed by atoms with Crippen LogP contribution in [0.5, 0.6) is 0 Å². The number of allylic oxidation sites excluding steroid dienone is 4. The highest BCUT2D eigenvalue weighted by Gasteiger charge is 2.26. The minimum absolute atomic E-state index is 0.0694. The van der Waals surface area contributed by atoms with Crippen LogP contribution in [0.2, 0.25) is 0 Å². The van der Waals surface area contributed by atoms with Crippen molar-refractivity contribution in [3.63, 3.8) is 0 Å². The standard InChI is InChI=1S/C27H45NO4/c1-8-14-32-15-13-21(5)17-27(6,7)18-23(19-28)25(29)12-10-11-24(26(30)31)22(9-2)16-20(3)4/h10,12,18,20-22,24H,8-9,11,13-17H2,1-7H3,(H,30,31)/b12-10+,23-18+/t21?,22-,24+/m0/s1. The normalized spacial score (nSPS) is 15.5. The van der Waals surface area contributed by atoms with Crippen molar-refractivity contribution in [3.05, 3.63) is 23.8 Å². The van der Waals surface area contributed by atoms with Gasteiger partial charge in [-0.25, -0.2) is 0 Å². The molecule has 1 N–H and O–H groups in total. The monoisotopic (exact) mass is 447 g/mol. The van der Waals surface area contributed by atoms with Gasteiger partial charge >= 0.3 is 5.97 Å². The van der Waals surface area contributed by atoms with E-state index in [1.165, 1.54) is 6.08 Å². The fraction of sp³-hybridized carbons (Fsp3) is 0.741. The summed E-state index contributed by atoms with van der Waals surface area (Å²) in [4.78, 5) is 24.4. The number of hydrogen-bond acceptors (Lipinski definition) is 4. The van der Waals surface area contributed by atoms with Gasteiger partial charge in [-0.2, -0.15) is 5.26 Å². The van der Waals surface area contributed by atoms with E-state index in [0.29, 0.717) is 18.3 Å². The molecule has 0 spiro atoms. The number of nitrogens with zero attached hydrogens (tertiary/aromatic N) is 1. The van der Waals surface area contributed by atoms with Crippen molar-refractivity contribution < 1.29 is 19.4 Å². The average Bonchev–Trinajstić information content (AvgIpc) is 2.70. The Morgan fingerprint density at radius 2 is 1.81 bits per heavy atom. The second-order valence-electron chi connectivity index (χ2n) is 10.1. The lowest BCUT2D eigenvalue weighted by Crippen LogP contribution is -2.24. The highest BCUT2D eigenvalue weighted by atomic mass is 16.5. The van der Waals surface area contributed by atoms with E-state index in [1.807, 2.05) is 26.8 Å². The Balaban J connectivity index is 5.10. The fourth-order valence-electron chi connectivity index (χ4n) is 4.27. The van der Waals surface area contributed by atoms with Crippen LogP contribution in [0.1, 0.15) is 87.0 Å². The second-order valence-corrected chi connectivity index (χ2v) is 10.1. The summed E-state index contributed by atoms with van der Waals surface area (Å²) < 4.78 is 5.56. The molecule has 182 valence electrons. The van der Waals surface area contributed by atoms with Crippen molar-refractivity contribution in [3.8, 4) is 6.07 Å². The van der Waals surface area contributed by atoms with E-state index in [1.54, 1.807) is 12.2 Å². The molecule has 0 aliphatic carbocycles. The van der Waals surface area contributed by atoms with Gasteiger partial charge in [-0.3, -0.25) is 9.59 Å². The topological polar surface area (TPSA) is 87.4 Å². The number of rotatable bonds is 17. The number of carbonyl (C=O) groups excluding carboxylic acids is 1. The number of hydrogen-bond donors (Lipinski definition) is 1. The van der Waals surface area contributed by atoms with E-state index in [9.17, 15) is 20.0 Å². The van der Waals surface area contributed by atoms with E-state index >= 15 is 0 Å². The summed E-state index contributed by atoms with van der Waals surface area (Å²) in [7, 11) is 0. The molecule has 32 heavy (non-hydrogen) atoms. The number of ether oxygens (including phenoxy) is 1. The molecular formula is C27H45NO4. The lowest BCUT2D eigenvalue weighted by molar-refractivity contribution is -0.143. The molecule has 1 unspecified atom stereocenters. The molecule has 5 heteroatoms. The van der Waals surface area contributed by atoms with Crippen LogP contribution >= 0.6 is 0 Å². The largest absolute Gasteiger partial charge is 0.481 e. The number of carbonyl (C=O) groups is 2. The third kappa shape index (κ3) is 12.8. The molecule has 0 aromatic heterocycles. The van der Waals surface area contributed by atoms with Gasteiger partial charge in [-0.05, 0) is 61.3 Å².